The Hall–Kier alpha value is -0.490. The van der Waals surface area contributed by atoms with E-state index in [1.807, 2.05) is 6.92 Å². The van der Waals surface area contributed by atoms with Crippen LogP contribution in [-0.4, -0.2) is 44.8 Å². The molecule has 136 valence electrons. The van der Waals surface area contributed by atoms with Crippen LogP contribution in [0.25, 0.3) is 0 Å². The number of methoxy groups -OCH3 is 1. The molecular formula is C18H28BrClN2O2. The van der Waals surface area contributed by atoms with Crippen molar-refractivity contribution < 1.29 is 9.47 Å². The lowest BCUT2D eigenvalue weighted by Crippen LogP contribution is -2.38. The Morgan fingerprint density at radius 2 is 2.00 bits per heavy atom. The van der Waals surface area contributed by atoms with E-state index in [1.54, 1.807) is 7.11 Å². The van der Waals surface area contributed by atoms with Gasteiger partial charge in [-0.05, 0) is 84.9 Å². The second-order valence-corrected chi connectivity index (χ2v) is 7.61. The van der Waals surface area contributed by atoms with Crippen LogP contribution in [0.2, 0.25) is 0 Å². The van der Waals surface area contributed by atoms with Gasteiger partial charge in [0.25, 0.3) is 0 Å². The van der Waals surface area contributed by atoms with Crippen LogP contribution in [0.15, 0.2) is 16.6 Å². The Balaban J connectivity index is 0.00000208. The molecule has 2 fully saturated rings. The summed E-state index contributed by atoms with van der Waals surface area (Å²) >= 11 is 3.63. The van der Waals surface area contributed by atoms with Crippen molar-refractivity contribution in [2.75, 3.05) is 39.9 Å². The largest absolute Gasteiger partial charge is 0.493 e. The summed E-state index contributed by atoms with van der Waals surface area (Å²) in [6.07, 6.45) is 3.98. The smallest absolute Gasteiger partial charge is 0.175 e. The zero-order valence-corrected chi connectivity index (χ0v) is 17.0. The molecule has 0 unspecified atom stereocenters. The maximum Gasteiger partial charge on any atom is 0.175 e. The third-order valence-electron chi connectivity index (χ3n) is 5.17. The van der Waals surface area contributed by atoms with E-state index in [9.17, 15) is 0 Å². The average molecular weight is 420 g/mol. The minimum absolute atomic E-state index is 0. The van der Waals surface area contributed by atoms with Crippen molar-refractivity contribution in [2.45, 2.75) is 32.7 Å². The van der Waals surface area contributed by atoms with Crippen LogP contribution in [0.1, 0.15) is 31.7 Å². The summed E-state index contributed by atoms with van der Waals surface area (Å²) in [5.41, 5.74) is 1.83. The minimum atomic E-state index is 0. The van der Waals surface area contributed by atoms with Crippen molar-refractivity contribution >= 4 is 28.3 Å². The SMILES string of the molecule is CCOc1c(Br)cc(CN2CCC3(CCNCC3)C2)cc1OC.Cl. The molecule has 0 atom stereocenters. The van der Waals surface area contributed by atoms with Crippen LogP contribution in [0.5, 0.6) is 11.5 Å². The van der Waals surface area contributed by atoms with Crippen LogP contribution in [0.3, 0.4) is 0 Å². The first kappa shape index (κ1) is 19.8. The highest BCUT2D eigenvalue weighted by molar-refractivity contribution is 9.10. The van der Waals surface area contributed by atoms with Crippen molar-refractivity contribution in [3.63, 3.8) is 0 Å². The Morgan fingerprint density at radius 1 is 1.25 bits per heavy atom. The molecule has 2 heterocycles. The van der Waals surface area contributed by atoms with E-state index in [1.165, 1.54) is 51.0 Å². The molecule has 3 rings (SSSR count). The zero-order valence-electron chi connectivity index (χ0n) is 14.6. The van der Waals surface area contributed by atoms with Gasteiger partial charge in [0.05, 0.1) is 18.2 Å². The standard InChI is InChI=1S/C18H27BrN2O2.ClH/c1-3-23-17-15(19)10-14(11-16(17)22-2)12-21-9-6-18(13-21)4-7-20-8-5-18;/h10-11,20H,3-9,12-13H2,1-2H3;1H. The lowest BCUT2D eigenvalue weighted by Gasteiger charge is -2.34. The summed E-state index contributed by atoms with van der Waals surface area (Å²) < 4.78 is 12.2. The first-order valence-corrected chi connectivity index (χ1v) is 9.37. The highest BCUT2D eigenvalue weighted by Gasteiger charge is 2.38. The van der Waals surface area contributed by atoms with Crippen LogP contribution in [0, 0.1) is 5.41 Å². The molecule has 2 aliphatic heterocycles. The van der Waals surface area contributed by atoms with Crippen molar-refractivity contribution in [3.8, 4) is 11.5 Å². The first-order chi connectivity index (χ1) is 11.2. The van der Waals surface area contributed by atoms with Gasteiger partial charge in [-0.25, -0.2) is 0 Å². The lowest BCUT2D eigenvalue weighted by atomic mass is 9.78. The molecular weight excluding hydrogens is 392 g/mol. The normalized spacial score (nSPS) is 20.0. The molecule has 2 saturated heterocycles. The number of benzene rings is 1. The van der Waals surface area contributed by atoms with Gasteiger partial charge < -0.3 is 14.8 Å². The van der Waals surface area contributed by atoms with Gasteiger partial charge >= 0.3 is 0 Å². The fourth-order valence-electron chi connectivity index (χ4n) is 3.94. The maximum absolute atomic E-state index is 5.68. The molecule has 1 aromatic carbocycles. The molecule has 6 heteroatoms. The molecule has 4 nitrogen and oxygen atoms in total. The molecule has 0 saturated carbocycles. The molecule has 2 aliphatic rings. The molecule has 0 bridgehead atoms. The van der Waals surface area contributed by atoms with Crippen LogP contribution >= 0.6 is 28.3 Å². The van der Waals surface area contributed by atoms with E-state index < -0.39 is 0 Å². The second kappa shape index (κ2) is 8.75. The molecule has 0 amide bonds. The van der Waals surface area contributed by atoms with Gasteiger partial charge in [0.15, 0.2) is 11.5 Å². The molecule has 1 N–H and O–H groups in total. The summed E-state index contributed by atoms with van der Waals surface area (Å²) in [7, 11) is 1.70. The Labute approximate surface area is 159 Å². The molecule has 1 aromatic rings. The molecule has 1 spiro atoms. The highest BCUT2D eigenvalue weighted by Crippen LogP contribution is 2.40. The molecule has 0 aromatic heterocycles. The first-order valence-electron chi connectivity index (χ1n) is 8.58. The summed E-state index contributed by atoms with van der Waals surface area (Å²) in [6.45, 7) is 8.39. The highest BCUT2D eigenvalue weighted by atomic mass is 79.9. The number of nitrogens with zero attached hydrogens (tertiary/aromatic N) is 1. The van der Waals surface area contributed by atoms with Crippen LogP contribution in [0.4, 0.5) is 0 Å². The third kappa shape index (κ3) is 4.37. The maximum atomic E-state index is 5.68. The number of hydrogen-bond donors (Lipinski definition) is 1. The van der Waals surface area contributed by atoms with Crippen molar-refractivity contribution in [1.29, 1.82) is 0 Å². The number of hydrogen-bond acceptors (Lipinski definition) is 4. The van der Waals surface area contributed by atoms with Crippen molar-refractivity contribution in [3.05, 3.63) is 22.2 Å². The van der Waals surface area contributed by atoms with E-state index in [2.05, 4.69) is 38.3 Å². The van der Waals surface area contributed by atoms with Gasteiger partial charge in [-0.15, -0.1) is 12.4 Å². The summed E-state index contributed by atoms with van der Waals surface area (Å²) in [6, 6.07) is 4.28. The topological polar surface area (TPSA) is 33.7 Å². The summed E-state index contributed by atoms with van der Waals surface area (Å²) in [4.78, 5) is 2.59. The van der Waals surface area contributed by atoms with Gasteiger partial charge in [-0.2, -0.15) is 0 Å². The quantitative estimate of drug-likeness (QED) is 0.786. The van der Waals surface area contributed by atoms with E-state index in [0.29, 0.717) is 12.0 Å². The second-order valence-electron chi connectivity index (χ2n) is 6.75. The number of rotatable bonds is 5. The summed E-state index contributed by atoms with van der Waals surface area (Å²) in [5, 5.41) is 3.49. The zero-order chi connectivity index (χ0) is 16.3. The number of halogens is 2. The Morgan fingerprint density at radius 3 is 2.67 bits per heavy atom. The number of likely N-dealkylation sites (tertiary alicyclic amines) is 1. The predicted octanol–water partition coefficient (Wildman–Crippen LogP) is 3.85. The van der Waals surface area contributed by atoms with Gasteiger partial charge in [0.2, 0.25) is 0 Å². The van der Waals surface area contributed by atoms with E-state index in [-0.39, 0.29) is 12.4 Å². The molecule has 0 aliphatic carbocycles. The van der Waals surface area contributed by atoms with Crippen LogP contribution in [-0.2, 0) is 6.54 Å². The lowest BCUT2D eigenvalue weighted by molar-refractivity contribution is 0.194. The molecule has 0 radical (unpaired) electrons. The third-order valence-corrected chi connectivity index (χ3v) is 5.75. The van der Waals surface area contributed by atoms with Gasteiger partial charge in [0, 0.05) is 13.1 Å². The van der Waals surface area contributed by atoms with Crippen molar-refractivity contribution in [1.82, 2.24) is 10.2 Å². The van der Waals surface area contributed by atoms with Crippen LogP contribution < -0.4 is 14.8 Å². The van der Waals surface area contributed by atoms with E-state index in [4.69, 9.17) is 9.47 Å². The number of piperidine rings is 1. The van der Waals surface area contributed by atoms with E-state index in [0.717, 1.165) is 22.5 Å². The summed E-state index contributed by atoms with van der Waals surface area (Å²) in [5.74, 6) is 1.61. The monoisotopic (exact) mass is 418 g/mol. The number of ether oxygens (including phenoxy) is 2. The minimum Gasteiger partial charge on any atom is -0.493 e. The van der Waals surface area contributed by atoms with Gasteiger partial charge in [-0.3, -0.25) is 4.90 Å². The molecule has 24 heavy (non-hydrogen) atoms. The van der Waals surface area contributed by atoms with Gasteiger partial charge in [-0.1, -0.05) is 0 Å². The predicted molar refractivity (Wildman–Crippen MR) is 104 cm³/mol. The van der Waals surface area contributed by atoms with E-state index >= 15 is 0 Å². The average Bonchev–Trinajstić information content (AvgIpc) is 2.92. The fourth-order valence-corrected chi connectivity index (χ4v) is 4.54. The van der Waals surface area contributed by atoms with Gasteiger partial charge in [0.1, 0.15) is 0 Å². The Bertz CT molecular complexity index is 550. The Kier molecular flexibility index (Phi) is 7.23. The van der Waals surface area contributed by atoms with Crippen molar-refractivity contribution in [2.24, 2.45) is 5.41 Å². The number of nitrogens with one attached hydrogen (secondary N) is 1. The fraction of sp³-hybridized carbons (Fsp3) is 0.667.